The minimum Gasteiger partial charge on any atom is -0.393 e. The Labute approximate surface area is 110 Å². The first-order chi connectivity index (χ1) is 8.20. The van der Waals surface area contributed by atoms with Gasteiger partial charge in [0.05, 0.1) is 12.0 Å². The third-order valence-electron chi connectivity index (χ3n) is 3.11. The summed E-state index contributed by atoms with van der Waals surface area (Å²) in [6.45, 7) is 12.5. The summed E-state index contributed by atoms with van der Waals surface area (Å²) in [5.74, 6) is 1.50. The third kappa shape index (κ3) is 4.41. The molecule has 104 valence electrons. The van der Waals surface area contributed by atoms with Crippen LogP contribution >= 0.6 is 0 Å². The summed E-state index contributed by atoms with van der Waals surface area (Å²) < 4.78 is 5.29. The Morgan fingerprint density at radius 1 is 1.22 bits per heavy atom. The van der Waals surface area contributed by atoms with Gasteiger partial charge in [-0.3, -0.25) is 0 Å². The Balaban J connectivity index is 2.73. The van der Waals surface area contributed by atoms with E-state index >= 15 is 0 Å². The normalized spacial score (nSPS) is 16.0. The smallest absolute Gasteiger partial charge is 0.232 e. The maximum atomic E-state index is 9.78. The fourth-order valence-corrected chi connectivity index (χ4v) is 2.04. The number of hydrogen-bond donors (Lipinski definition) is 1. The van der Waals surface area contributed by atoms with Gasteiger partial charge in [0.1, 0.15) is 0 Å². The highest BCUT2D eigenvalue weighted by Crippen LogP contribution is 2.27. The second kappa shape index (κ2) is 5.83. The lowest BCUT2D eigenvalue weighted by atomic mass is 9.90. The molecule has 0 aliphatic carbocycles. The van der Waals surface area contributed by atoms with Gasteiger partial charge in [0.15, 0.2) is 5.82 Å². The lowest BCUT2D eigenvalue weighted by Crippen LogP contribution is -2.20. The molecule has 0 aliphatic rings. The molecular formula is C14H26N2O2. The van der Waals surface area contributed by atoms with Crippen molar-refractivity contribution in [2.45, 2.75) is 66.4 Å². The molecule has 0 aliphatic heterocycles. The lowest BCUT2D eigenvalue weighted by Gasteiger charge is -2.19. The number of aliphatic hydroxyl groups excluding tert-OH is 1. The van der Waals surface area contributed by atoms with Crippen LogP contribution in [-0.4, -0.2) is 21.4 Å². The number of aliphatic hydroxyl groups is 1. The molecule has 1 rings (SSSR count). The monoisotopic (exact) mass is 254 g/mol. The molecule has 0 fully saturated rings. The van der Waals surface area contributed by atoms with Crippen LogP contribution in [0.1, 0.15) is 65.6 Å². The Bertz CT molecular complexity index is 356. The predicted octanol–water partition coefficient (Wildman–Crippen LogP) is 3.17. The Hall–Kier alpha value is -0.900. The molecule has 0 spiro atoms. The quantitative estimate of drug-likeness (QED) is 0.876. The zero-order chi connectivity index (χ0) is 13.9. The Morgan fingerprint density at radius 3 is 2.28 bits per heavy atom. The summed E-state index contributed by atoms with van der Waals surface area (Å²) in [4.78, 5) is 4.42. The van der Waals surface area contributed by atoms with Gasteiger partial charge in [0.25, 0.3) is 0 Å². The van der Waals surface area contributed by atoms with Crippen LogP contribution in [0.5, 0.6) is 0 Å². The summed E-state index contributed by atoms with van der Waals surface area (Å²) in [5.41, 5.74) is 0.266. The van der Waals surface area contributed by atoms with E-state index in [0.717, 1.165) is 18.7 Å². The van der Waals surface area contributed by atoms with Gasteiger partial charge in [-0.15, -0.1) is 0 Å². The van der Waals surface area contributed by atoms with E-state index in [1.165, 1.54) is 0 Å². The van der Waals surface area contributed by atoms with Gasteiger partial charge in [0, 0.05) is 6.42 Å². The Morgan fingerprint density at radius 2 is 1.83 bits per heavy atom. The molecule has 0 saturated carbocycles. The topological polar surface area (TPSA) is 59.2 Å². The van der Waals surface area contributed by atoms with Crippen LogP contribution in [0.4, 0.5) is 0 Å². The van der Waals surface area contributed by atoms with Crippen LogP contribution in [0.2, 0.25) is 0 Å². The van der Waals surface area contributed by atoms with Crippen molar-refractivity contribution in [2.24, 2.45) is 11.3 Å². The molecule has 1 aromatic heterocycles. The van der Waals surface area contributed by atoms with Crippen molar-refractivity contribution in [3.63, 3.8) is 0 Å². The maximum absolute atomic E-state index is 9.78. The minimum absolute atomic E-state index is 0.0825. The van der Waals surface area contributed by atoms with Gasteiger partial charge >= 0.3 is 0 Å². The molecule has 4 heteroatoms. The average molecular weight is 254 g/mol. The highest BCUT2D eigenvalue weighted by atomic mass is 16.5. The lowest BCUT2D eigenvalue weighted by molar-refractivity contribution is 0.120. The van der Waals surface area contributed by atoms with Gasteiger partial charge in [-0.25, -0.2) is 0 Å². The standard InChI is InChI=1S/C14H26N2O2/c1-9(2)12(10(3)17)13-15-11(16-18-13)7-8-14(4,5)6/h9-10,12,17H,7-8H2,1-6H3. The van der Waals surface area contributed by atoms with Crippen LogP contribution in [0.3, 0.4) is 0 Å². The third-order valence-corrected chi connectivity index (χ3v) is 3.11. The first-order valence-electron chi connectivity index (χ1n) is 6.71. The summed E-state index contributed by atoms with van der Waals surface area (Å²) in [5, 5.41) is 13.8. The molecule has 0 radical (unpaired) electrons. The number of nitrogens with zero attached hydrogens (tertiary/aromatic N) is 2. The largest absolute Gasteiger partial charge is 0.393 e. The molecule has 0 aromatic carbocycles. The van der Waals surface area contributed by atoms with Crippen molar-refractivity contribution in [1.29, 1.82) is 0 Å². The molecule has 2 unspecified atom stereocenters. The summed E-state index contributed by atoms with van der Waals surface area (Å²) in [6.07, 6.45) is 1.37. The van der Waals surface area contributed by atoms with E-state index in [1.807, 2.05) is 0 Å². The molecule has 0 saturated heterocycles. The fraction of sp³-hybridized carbons (Fsp3) is 0.857. The van der Waals surface area contributed by atoms with E-state index in [-0.39, 0.29) is 17.3 Å². The first kappa shape index (κ1) is 15.2. The fourth-order valence-electron chi connectivity index (χ4n) is 2.04. The minimum atomic E-state index is -0.471. The molecule has 18 heavy (non-hydrogen) atoms. The first-order valence-corrected chi connectivity index (χ1v) is 6.71. The predicted molar refractivity (Wildman–Crippen MR) is 71.3 cm³/mol. The van der Waals surface area contributed by atoms with Crippen molar-refractivity contribution >= 4 is 0 Å². The van der Waals surface area contributed by atoms with E-state index in [4.69, 9.17) is 4.52 Å². The highest BCUT2D eigenvalue weighted by Gasteiger charge is 2.27. The number of rotatable bonds is 5. The number of hydrogen-bond acceptors (Lipinski definition) is 4. The van der Waals surface area contributed by atoms with Crippen molar-refractivity contribution in [3.8, 4) is 0 Å². The van der Waals surface area contributed by atoms with E-state index < -0.39 is 6.10 Å². The van der Waals surface area contributed by atoms with E-state index in [9.17, 15) is 5.11 Å². The van der Waals surface area contributed by atoms with Gasteiger partial charge in [-0.1, -0.05) is 39.8 Å². The van der Waals surface area contributed by atoms with Crippen molar-refractivity contribution < 1.29 is 9.63 Å². The van der Waals surface area contributed by atoms with Crippen LogP contribution in [0.15, 0.2) is 4.52 Å². The highest BCUT2D eigenvalue weighted by molar-refractivity contribution is 4.98. The molecule has 1 N–H and O–H groups in total. The second-order valence-electron chi connectivity index (χ2n) is 6.62. The molecule has 1 aromatic rings. The van der Waals surface area contributed by atoms with E-state index in [2.05, 4.69) is 44.8 Å². The van der Waals surface area contributed by atoms with Gasteiger partial charge in [-0.05, 0) is 24.7 Å². The summed E-state index contributed by atoms with van der Waals surface area (Å²) >= 11 is 0. The summed E-state index contributed by atoms with van der Waals surface area (Å²) in [6, 6.07) is 0. The Kier molecular flexibility index (Phi) is 4.91. The molecule has 2 atom stereocenters. The number of aromatic nitrogens is 2. The molecule has 0 bridgehead atoms. The zero-order valence-electron chi connectivity index (χ0n) is 12.4. The molecule has 0 amide bonds. The molecule has 1 heterocycles. The average Bonchev–Trinajstić information content (AvgIpc) is 2.61. The van der Waals surface area contributed by atoms with Crippen LogP contribution in [0.25, 0.3) is 0 Å². The van der Waals surface area contributed by atoms with Gasteiger partial charge in [0.2, 0.25) is 5.89 Å². The zero-order valence-corrected chi connectivity index (χ0v) is 12.4. The SMILES string of the molecule is CC(C)C(c1nc(CCC(C)(C)C)no1)C(C)O. The molecule has 4 nitrogen and oxygen atoms in total. The van der Waals surface area contributed by atoms with E-state index in [1.54, 1.807) is 6.92 Å². The van der Waals surface area contributed by atoms with Crippen molar-refractivity contribution in [1.82, 2.24) is 10.1 Å². The van der Waals surface area contributed by atoms with Gasteiger partial charge in [-0.2, -0.15) is 4.98 Å². The van der Waals surface area contributed by atoms with Crippen LogP contribution in [-0.2, 0) is 6.42 Å². The van der Waals surface area contributed by atoms with E-state index in [0.29, 0.717) is 5.89 Å². The summed E-state index contributed by atoms with van der Waals surface area (Å²) in [7, 11) is 0. The van der Waals surface area contributed by atoms with Crippen molar-refractivity contribution in [3.05, 3.63) is 11.7 Å². The number of aryl methyl sites for hydroxylation is 1. The van der Waals surface area contributed by atoms with Gasteiger partial charge < -0.3 is 9.63 Å². The maximum Gasteiger partial charge on any atom is 0.232 e. The van der Waals surface area contributed by atoms with Crippen LogP contribution < -0.4 is 0 Å². The second-order valence-corrected chi connectivity index (χ2v) is 6.62. The van der Waals surface area contributed by atoms with Crippen molar-refractivity contribution in [2.75, 3.05) is 0 Å². The van der Waals surface area contributed by atoms with Crippen LogP contribution in [0, 0.1) is 11.3 Å². The molecular weight excluding hydrogens is 228 g/mol.